The molecule has 0 unspecified atom stereocenters. The van der Waals surface area contributed by atoms with Gasteiger partial charge in [0.2, 0.25) is 0 Å². The standard InChI is InChI=1S/C10H18O3/c1-2-3-4-5-6-10(9(11)12)7-13-8-10/h2-8H2,1H3,(H,11,12). The van der Waals surface area contributed by atoms with Crippen LogP contribution in [-0.2, 0) is 9.53 Å². The Morgan fingerprint density at radius 3 is 2.46 bits per heavy atom. The van der Waals surface area contributed by atoms with E-state index in [1.807, 2.05) is 0 Å². The number of hydrogen-bond donors (Lipinski definition) is 1. The van der Waals surface area contributed by atoms with E-state index >= 15 is 0 Å². The molecular weight excluding hydrogens is 168 g/mol. The van der Waals surface area contributed by atoms with Gasteiger partial charge in [0.15, 0.2) is 0 Å². The molecule has 1 aliphatic heterocycles. The lowest BCUT2D eigenvalue weighted by atomic mass is 9.81. The third-order valence-corrected chi connectivity index (χ3v) is 2.72. The van der Waals surface area contributed by atoms with Crippen LogP contribution in [0.5, 0.6) is 0 Å². The molecular formula is C10H18O3. The van der Waals surface area contributed by atoms with E-state index in [-0.39, 0.29) is 0 Å². The van der Waals surface area contributed by atoms with Crippen molar-refractivity contribution in [3.05, 3.63) is 0 Å². The van der Waals surface area contributed by atoms with Gasteiger partial charge in [0, 0.05) is 0 Å². The minimum atomic E-state index is -0.685. The van der Waals surface area contributed by atoms with Gasteiger partial charge in [0.05, 0.1) is 13.2 Å². The van der Waals surface area contributed by atoms with Gasteiger partial charge in [0.25, 0.3) is 0 Å². The van der Waals surface area contributed by atoms with Crippen LogP contribution in [0.25, 0.3) is 0 Å². The predicted octanol–water partition coefficient (Wildman–Crippen LogP) is 2.06. The second-order valence-electron chi connectivity index (χ2n) is 3.89. The summed E-state index contributed by atoms with van der Waals surface area (Å²) in [4.78, 5) is 10.9. The van der Waals surface area contributed by atoms with Crippen LogP contribution in [0.2, 0.25) is 0 Å². The van der Waals surface area contributed by atoms with Gasteiger partial charge in [-0.05, 0) is 6.42 Å². The lowest BCUT2D eigenvalue weighted by Crippen LogP contribution is -2.48. The lowest BCUT2D eigenvalue weighted by molar-refractivity contribution is -0.181. The van der Waals surface area contributed by atoms with Crippen molar-refractivity contribution in [2.24, 2.45) is 5.41 Å². The molecule has 0 aromatic rings. The number of ether oxygens (including phenoxy) is 1. The second kappa shape index (κ2) is 4.61. The maximum Gasteiger partial charge on any atom is 0.314 e. The molecule has 13 heavy (non-hydrogen) atoms. The molecule has 0 radical (unpaired) electrons. The maximum absolute atomic E-state index is 10.9. The van der Waals surface area contributed by atoms with Gasteiger partial charge in [-0.2, -0.15) is 0 Å². The van der Waals surface area contributed by atoms with Crippen LogP contribution in [0.4, 0.5) is 0 Å². The Labute approximate surface area is 79.1 Å². The van der Waals surface area contributed by atoms with Crippen molar-refractivity contribution in [3.63, 3.8) is 0 Å². The van der Waals surface area contributed by atoms with Crippen molar-refractivity contribution < 1.29 is 14.6 Å². The Balaban J connectivity index is 2.21. The third-order valence-electron chi connectivity index (χ3n) is 2.72. The number of carbonyl (C=O) groups is 1. The Hall–Kier alpha value is -0.570. The molecule has 1 fully saturated rings. The van der Waals surface area contributed by atoms with Crippen molar-refractivity contribution in [2.45, 2.75) is 39.0 Å². The first-order chi connectivity index (χ1) is 6.21. The maximum atomic E-state index is 10.9. The largest absolute Gasteiger partial charge is 0.481 e. The number of carboxylic acids is 1. The second-order valence-corrected chi connectivity index (χ2v) is 3.89. The van der Waals surface area contributed by atoms with Crippen LogP contribution in [0.15, 0.2) is 0 Å². The summed E-state index contributed by atoms with van der Waals surface area (Å²) in [7, 11) is 0. The van der Waals surface area contributed by atoms with E-state index in [1.165, 1.54) is 12.8 Å². The van der Waals surface area contributed by atoms with E-state index in [2.05, 4.69) is 6.92 Å². The summed E-state index contributed by atoms with van der Waals surface area (Å²) < 4.78 is 4.98. The Morgan fingerprint density at radius 2 is 2.08 bits per heavy atom. The zero-order valence-electron chi connectivity index (χ0n) is 8.21. The molecule has 0 bridgehead atoms. The van der Waals surface area contributed by atoms with Crippen molar-refractivity contribution in [1.82, 2.24) is 0 Å². The fraction of sp³-hybridized carbons (Fsp3) is 0.900. The zero-order chi connectivity index (χ0) is 9.73. The van der Waals surface area contributed by atoms with E-state index in [1.54, 1.807) is 0 Å². The number of hydrogen-bond acceptors (Lipinski definition) is 2. The van der Waals surface area contributed by atoms with E-state index in [4.69, 9.17) is 9.84 Å². The fourth-order valence-corrected chi connectivity index (χ4v) is 1.61. The van der Waals surface area contributed by atoms with E-state index in [9.17, 15) is 4.79 Å². The molecule has 0 aromatic carbocycles. The molecule has 1 heterocycles. The van der Waals surface area contributed by atoms with Crippen LogP contribution in [0, 0.1) is 5.41 Å². The highest BCUT2D eigenvalue weighted by molar-refractivity contribution is 5.75. The number of carboxylic acid groups (broad SMARTS) is 1. The van der Waals surface area contributed by atoms with Crippen LogP contribution in [0.3, 0.4) is 0 Å². The minimum absolute atomic E-state index is 0.411. The van der Waals surface area contributed by atoms with Gasteiger partial charge in [-0.1, -0.05) is 32.6 Å². The SMILES string of the molecule is CCCCCCC1(C(=O)O)COC1. The normalized spacial score (nSPS) is 19.5. The minimum Gasteiger partial charge on any atom is -0.481 e. The monoisotopic (exact) mass is 186 g/mol. The molecule has 3 nitrogen and oxygen atoms in total. The molecule has 0 amide bonds. The van der Waals surface area contributed by atoms with Crippen molar-refractivity contribution in [1.29, 1.82) is 0 Å². The van der Waals surface area contributed by atoms with Crippen molar-refractivity contribution >= 4 is 5.97 Å². The molecule has 0 atom stereocenters. The van der Waals surface area contributed by atoms with E-state index < -0.39 is 11.4 Å². The van der Waals surface area contributed by atoms with Gasteiger partial charge in [-0.3, -0.25) is 4.79 Å². The number of rotatable bonds is 6. The highest BCUT2D eigenvalue weighted by Crippen LogP contribution is 2.33. The Bertz CT molecular complexity index is 173. The topological polar surface area (TPSA) is 46.5 Å². The average Bonchev–Trinajstić information content (AvgIpc) is 2.01. The van der Waals surface area contributed by atoms with Crippen LogP contribution >= 0.6 is 0 Å². The van der Waals surface area contributed by atoms with Crippen molar-refractivity contribution in [3.8, 4) is 0 Å². The lowest BCUT2D eigenvalue weighted by Gasteiger charge is -2.37. The first-order valence-electron chi connectivity index (χ1n) is 5.02. The Morgan fingerprint density at radius 1 is 1.38 bits per heavy atom. The smallest absolute Gasteiger partial charge is 0.314 e. The molecule has 1 aliphatic rings. The summed E-state index contributed by atoms with van der Waals surface area (Å²) in [6.45, 7) is 2.97. The van der Waals surface area contributed by atoms with E-state index in [0.717, 1.165) is 19.3 Å². The predicted molar refractivity (Wildman–Crippen MR) is 49.6 cm³/mol. The van der Waals surface area contributed by atoms with Gasteiger partial charge in [-0.15, -0.1) is 0 Å². The molecule has 1 N–H and O–H groups in total. The summed E-state index contributed by atoms with van der Waals surface area (Å²) in [5.74, 6) is -0.685. The average molecular weight is 186 g/mol. The van der Waals surface area contributed by atoms with Crippen LogP contribution in [0.1, 0.15) is 39.0 Å². The van der Waals surface area contributed by atoms with Gasteiger partial charge in [-0.25, -0.2) is 0 Å². The molecule has 0 aromatic heterocycles. The van der Waals surface area contributed by atoms with Gasteiger partial charge >= 0.3 is 5.97 Å². The number of unbranched alkanes of at least 4 members (excludes halogenated alkanes) is 3. The molecule has 1 rings (SSSR count). The summed E-state index contributed by atoms with van der Waals surface area (Å²) in [6.07, 6.45) is 5.34. The fourth-order valence-electron chi connectivity index (χ4n) is 1.61. The highest BCUT2D eigenvalue weighted by atomic mass is 16.5. The number of aliphatic carboxylic acids is 1. The summed E-state index contributed by atoms with van der Waals surface area (Å²) in [5, 5.41) is 8.96. The molecule has 0 saturated carbocycles. The molecule has 0 spiro atoms. The van der Waals surface area contributed by atoms with Crippen LogP contribution < -0.4 is 0 Å². The molecule has 3 heteroatoms. The molecule has 76 valence electrons. The van der Waals surface area contributed by atoms with Gasteiger partial charge < -0.3 is 9.84 Å². The van der Waals surface area contributed by atoms with E-state index in [0.29, 0.717) is 13.2 Å². The first-order valence-corrected chi connectivity index (χ1v) is 5.02. The van der Waals surface area contributed by atoms with Crippen LogP contribution in [-0.4, -0.2) is 24.3 Å². The molecule has 1 saturated heterocycles. The van der Waals surface area contributed by atoms with Crippen molar-refractivity contribution in [2.75, 3.05) is 13.2 Å². The zero-order valence-corrected chi connectivity index (χ0v) is 8.21. The Kier molecular flexibility index (Phi) is 3.72. The third kappa shape index (κ3) is 2.44. The summed E-state index contributed by atoms with van der Waals surface area (Å²) >= 11 is 0. The van der Waals surface area contributed by atoms with Gasteiger partial charge in [0.1, 0.15) is 5.41 Å². The summed E-state index contributed by atoms with van der Waals surface area (Å²) in [5.41, 5.74) is -0.534. The first kappa shape index (κ1) is 10.5. The summed E-state index contributed by atoms with van der Waals surface area (Å²) in [6, 6.07) is 0. The highest BCUT2D eigenvalue weighted by Gasteiger charge is 2.45. The quantitative estimate of drug-likeness (QED) is 0.646. The molecule has 0 aliphatic carbocycles.